The number of ketones is 1. The zero-order valence-corrected chi connectivity index (χ0v) is 21.6. The molecule has 0 amide bonds. The molecule has 1 aromatic heterocycles. The Morgan fingerprint density at radius 1 is 1.03 bits per heavy atom. The SMILES string of the molecule is C=CC(=O)Cc1cccc(-c2cccc3cnc(Cc4ccc(N5CCN(CCO)CC5)c(F)c4F)nc23)c1. The van der Waals surface area contributed by atoms with Crippen molar-refractivity contribution in [3.63, 3.8) is 0 Å². The van der Waals surface area contributed by atoms with E-state index in [0.29, 0.717) is 44.1 Å². The van der Waals surface area contributed by atoms with Crippen LogP contribution in [0.3, 0.4) is 0 Å². The molecule has 0 atom stereocenters. The summed E-state index contributed by atoms with van der Waals surface area (Å²) in [6.45, 7) is 6.70. The summed E-state index contributed by atoms with van der Waals surface area (Å²) in [5.74, 6) is -1.42. The fourth-order valence-corrected chi connectivity index (χ4v) is 5.02. The van der Waals surface area contributed by atoms with E-state index in [9.17, 15) is 4.79 Å². The third kappa shape index (κ3) is 5.87. The summed E-state index contributed by atoms with van der Waals surface area (Å²) in [5.41, 5.74) is 3.78. The minimum Gasteiger partial charge on any atom is -0.395 e. The summed E-state index contributed by atoms with van der Waals surface area (Å²) in [6, 6.07) is 16.7. The maximum Gasteiger partial charge on any atom is 0.182 e. The van der Waals surface area contributed by atoms with Gasteiger partial charge in [0.15, 0.2) is 17.4 Å². The highest BCUT2D eigenvalue weighted by Gasteiger charge is 2.23. The molecule has 0 saturated carbocycles. The van der Waals surface area contributed by atoms with E-state index in [-0.39, 0.29) is 36.5 Å². The van der Waals surface area contributed by atoms with Crippen LogP contribution in [-0.2, 0) is 17.6 Å². The number of hydrogen-bond donors (Lipinski definition) is 1. The molecule has 200 valence electrons. The number of aliphatic hydroxyl groups is 1. The summed E-state index contributed by atoms with van der Waals surface area (Å²) < 4.78 is 30.3. The molecule has 0 spiro atoms. The Morgan fingerprint density at radius 3 is 2.59 bits per heavy atom. The van der Waals surface area contributed by atoms with Gasteiger partial charge in [0.25, 0.3) is 0 Å². The number of allylic oxidation sites excluding steroid dienone is 1. The molecule has 6 nitrogen and oxygen atoms in total. The number of rotatable bonds is 9. The lowest BCUT2D eigenvalue weighted by atomic mass is 9.98. The van der Waals surface area contributed by atoms with Gasteiger partial charge in [0.1, 0.15) is 5.82 Å². The lowest BCUT2D eigenvalue weighted by Crippen LogP contribution is -2.47. The van der Waals surface area contributed by atoms with Crippen molar-refractivity contribution in [2.24, 2.45) is 0 Å². The number of carbonyl (C=O) groups is 1. The molecule has 1 fully saturated rings. The van der Waals surface area contributed by atoms with Crippen LogP contribution in [0.15, 0.2) is 73.4 Å². The van der Waals surface area contributed by atoms with Crippen LogP contribution >= 0.6 is 0 Å². The van der Waals surface area contributed by atoms with E-state index in [2.05, 4.69) is 16.5 Å². The molecule has 1 N–H and O–H groups in total. The van der Waals surface area contributed by atoms with Gasteiger partial charge >= 0.3 is 0 Å². The number of β-amino-alcohol motifs (C(OH)–C–C–N with tert-alkyl or cyclic N) is 1. The fourth-order valence-electron chi connectivity index (χ4n) is 5.02. The van der Waals surface area contributed by atoms with Crippen LogP contribution in [0, 0.1) is 11.6 Å². The Labute approximate surface area is 226 Å². The van der Waals surface area contributed by atoms with Gasteiger partial charge in [-0.15, -0.1) is 0 Å². The van der Waals surface area contributed by atoms with Crippen LogP contribution < -0.4 is 4.90 Å². The second-order valence-corrected chi connectivity index (χ2v) is 9.68. The summed E-state index contributed by atoms with van der Waals surface area (Å²) in [4.78, 5) is 25.0. The number of halogens is 2. The van der Waals surface area contributed by atoms with Crippen molar-refractivity contribution < 1.29 is 18.7 Å². The van der Waals surface area contributed by atoms with E-state index in [1.165, 1.54) is 6.08 Å². The topological polar surface area (TPSA) is 69.6 Å². The van der Waals surface area contributed by atoms with E-state index < -0.39 is 11.6 Å². The molecule has 1 aliphatic heterocycles. The molecule has 5 rings (SSSR count). The van der Waals surface area contributed by atoms with E-state index in [0.717, 1.165) is 22.1 Å². The number of fused-ring (bicyclic) bond motifs is 1. The van der Waals surface area contributed by atoms with Crippen LogP contribution in [0.4, 0.5) is 14.5 Å². The largest absolute Gasteiger partial charge is 0.395 e. The molecule has 1 saturated heterocycles. The van der Waals surface area contributed by atoms with Crippen LogP contribution in [0.1, 0.15) is 17.0 Å². The molecule has 2 heterocycles. The number of benzene rings is 3. The molecule has 1 aliphatic rings. The van der Waals surface area contributed by atoms with Crippen molar-refractivity contribution in [2.45, 2.75) is 12.8 Å². The number of hydrogen-bond acceptors (Lipinski definition) is 6. The minimum absolute atomic E-state index is 0.0471. The minimum atomic E-state index is -0.887. The van der Waals surface area contributed by atoms with Crippen LogP contribution in [-0.4, -0.2) is 65.1 Å². The molecule has 0 aliphatic carbocycles. The number of carbonyl (C=O) groups excluding carboxylic acids is 1. The van der Waals surface area contributed by atoms with Crippen LogP contribution in [0.5, 0.6) is 0 Å². The number of anilines is 1. The maximum atomic E-state index is 15.2. The second-order valence-electron chi connectivity index (χ2n) is 9.68. The zero-order chi connectivity index (χ0) is 27.4. The smallest absolute Gasteiger partial charge is 0.182 e. The number of aromatic nitrogens is 2. The van der Waals surface area contributed by atoms with Crippen LogP contribution in [0.2, 0.25) is 0 Å². The lowest BCUT2D eigenvalue weighted by molar-refractivity contribution is -0.114. The number of para-hydroxylation sites is 1. The van der Waals surface area contributed by atoms with Crippen molar-refractivity contribution in [2.75, 3.05) is 44.2 Å². The van der Waals surface area contributed by atoms with Crippen molar-refractivity contribution in [3.8, 4) is 11.1 Å². The van der Waals surface area contributed by atoms with Crippen LogP contribution in [0.25, 0.3) is 22.0 Å². The highest BCUT2D eigenvalue weighted by atomic mass is 19.2. The first-order chi connectivity index (χ1) is 19.0. The van der Waals surface area contributed by atoms with E-state index in [1.807, 2.05) is 47.4 Å². The first-order valence-electron chi connectivity index (χ1n) is 13.0. The molecule has 39 heavy (non-hydrogen) atoms. The van der Waals surface area contributed by atoms with Crippen molar-refractivity contribution >= 4 is 22.4 Å². The molecule has 0 bridgehead atoms. The predicted octanol–water partition coefficient (Wildman–Crippen LogP) is 4.58. The van der Waals surface area contributed by atoms with Gasteiger partial charge in [0.2, 0.25) is 0 Å². The Kier molecular flexibility index (Phi) is 8.05. The standard InChI is InChI=1S/C31H30F2N4O2/c1-2-25(39)18-21-5-3-6-22(17-21)26-8-4-7-24-20-34-28(35-31(24)26)19-23-9-10-27(30(33)29(23)32)37-13-11-36(12-14-37)15-16-38/h2-10,17,20,38H,1,11-16,18-19H2. The highest BCUT2D eigenvalue weighted by Crippen LogP contribution is 2.30. The molecule has 3 aromatic carbocycles. The average Bonchev–Trinajstić information content (AvgIpc) is 2.96. The summed E-state index contributed by atoms with van der Waals surface area (Å²) in [6.07, 6.45) is 3.32. The number of aliphatic hydroxyl groups excluding tert-OH is 1. The fraction of sp³-hybridized carbons (Fsp3) is 0.258. The lowest BCUT2D eigenvalue weighted by Gasteiger charge is -2.36. The van der Waals surface area contributed by atoms with Crippen molar-refractivity contribution in [3.05, 3.63) is 102 Å². The van der Waals surface area contributed by atoms with E-state index >= 15 is 8.78 Å². The molecule has 8 heteroatoms. The maximum absolute atomic E-state index is 15.2. The first-order valence-corrected chi connectivity index (χ1v) is 13.0. The molecule has 0 unspecified atom stereocenters. The predicted molar refractivity (Wildman–Crippen MR) is 149 cm³/mol. The summed E-state index contributed by atoms with van der Waals surface area (Å²) >= 11 is 0. The normalized spacial score (nSPS) is 14.1. The number of piperazine rings is 1. The van der Waals surface area contributed by atoms with Gasteiger partial charge < -0.3 is 10.0 Å². The van der Waals surface area contributed by atoms with Gasteiger partial charge in [-0.2, -0.15) is 0 Å². The van der Waals surface area contributed by atoms with Gasteiger partial charge in [-0.05, 0) is 28.8 Å². The van der Waals surface area contributed by atoms with Gasteiger partial charge in [-0.1, -0.05) is 55.1 Å². The number of nitrogens with zero attached hydrogens (tertiary/aromatic N) is 4. The second kappa shape index (κ2) is 11.8. The zero-order valence-electron chi connectivity index (χ0n) is 21.6. The Bertz CT molecular complexity index is 1520. The Morgan fingerprint density at radius 2 is 1.82 bits per heavy atom. The summed E-state index contributed by atoms with van der Waals surface area (Å²) in [7, 11) is 0. The quantitative estimate of drug-likeness (QED) is 0.321. The van der Waals surface area contributed by atoms with E-state index in [1.54, 1.807) is 18.3 Å². The first kappa shape index (κ1) is 26.6. The molecular formula is C31H30F2N4O2. The summed E-state index contributed by atoms with van der Waals surface area (Å²) in [5, 5.41) is 9.95. The van der Waals surface area contributed by atoms with Crippen molar-refractivity contribution in [1.82, 2.24) is 14.9 Å². The monoisotopic (exact) mass is 528 g/mol. The molecule has 0 radical (unpaired) electrons. The third-order valence-corrected chi connectivity index (χ3v) is 7.12. The molecule has 4 aromatic rings. The van der Waals surface area contributed by atoms with Crippen molar-refractivity contribution in [1.29, 1.82) is 0 Å². The van der Waals surface area contributed by atoms with Gasteiger partial charge in [0, 0.05) is 62.7 Å². The third-order valence-electron chi connectivity index (χ3n) is 7.12. The van der Waals surface area contributed by atoms with Gasteiger partial charge in [0.05, 0.1) is 17.8 Å². The highest BCUT2D eigenvalue weighted by molar-refractivity contribution is 5.94. The molecular weight excluding hydrogens is 498 g/mol. The van der Waals surface area contributed by atoms with Gasteiger partial charge in [-0.25, -0.2) is 18.7 Å². The van der Waals surface area contributed by atoms with Gasteiger partial charge in [-0.3, -0.25) is 9.69 Å². The average molecular weight is 529 g/mol. The van der Waals surface area contributed by atoms with E-state index in [4.69, 9.17) is 10.1 Å². The Balaban J connectivity index is 1.40. The Hall–Kier alpha value is -4.01.